The number of ether oxygens (including phenoxy) is 2. The fourth-order valence-corrected chi connectivity index (χ4v) is 2.22. The SMILES string of the molecule is COc1c(N)cccc1C(=N)/C=C\NC1CCCOC1. The van der Waals surface area contributed by atoms with E-state index in [0.29, 0.717) is 28.8 Å². The summed E-state index contributed by atoms with van der Waals surface area (Å²) < 4.78 is 10.6. The quantitative estimate of drug-likeness (QED) is 0.566. The van der Waals surface area contributed by atoms with Gasteiger partial charge in [0.15, 0.2) is 5.75 Å². The van der Waals surface area contributed by atoms with Crippen molar-refractivity contribution >= 4 is 11.4 Å². The maximum Gasteiger partial charge on any atom is 0.151 e. The third kappa shape index (κ3) is 3.51. The Morgan fingerprint density at radius 2 is 2.40 bits per heavy atom. The van der Waals surface area contributed by atoms with Crippen LogP contribution in [0.5, 0.6) is 5.75 Å². The molecule has 0 amide bonds. The Morgan fingerprint density at radius 3 is 3.10 bits per heavy atom. The van der Waals surface area contributed by atoms with Crippen LogP contribution < -0.4 is 15.8 Å². The summed E-state index contributed by atoms with van der Waals surface area (Å²) in [5.41, 5.74) is 7.42. The smallest absolute Gasteiger partial charge is 0.151 e. The maximum atomic E-state index is 8.09. The van der Waals surface area contributed by atoms with Crippen molar-refractivity contribution in [1.29, 1.82) is 5.41 Å². The lowest BCUT2D eigenvalue weighted by Gasteiger charge is -2.22. The molecule has 0 aromatic heterocycles. The normalized spacial score (nSPS) is 18.9. The van der Waals surface area contributed by atoms with Crippen LogP contribution in [0.25, 0.3) is 0 Å². The first kappa shape index (κ1) is 14.4. The van der Waals surface area contributed by atoms with Gasteiger partial charge in [-0.3, -0.25) is 0 Å². The monoisotopic (exact) mass is 275 g/mol. The van der Waals surface area contributed by atoms with Crippen molar-refractivity contribution in [2.75, 3.05) is 26.1 Å². The summed E-state index contributed by atoms with van der Waals surface area (Å²) in [6.45, 7) is 1.57. The minimum atomic E-state index is 0.329. The van der Waals surface area contributed by atoms with E-state index in [-0.39, 0.29) is 0 Å². The average Bonchev–Trinajstić information content (AvgIpc) is 2.48. The van der Waals surface area contributed by atoms with Gasteiger partial charge in [0.05, 0.1) is 25.1 Å². The highest BCUT2D eigenvalue weighted by Gasteiger charge is 2.12. The van der Waals surface area contributed by atoms with Crippen LogP contribution >= 0.6 is 0 Å². The Labute approximate surface area is 119 Å². The molecule has 5 heteroatoms. The van der Waals surface area contributed by atoms with Crippen molar-refractivity contribution in [2.24, 2.45) is 0 Å². The minimum absolute atomic E-state index is 0.329. The molecule has 1 aromatic carbocycles. The number of nitrogen functional groups attached to an aromatic ring is 1. The number of anilines is 1. The zero-order valence-corrected chi connectivity index (χ0v) is 11.7. The number of nitrogens with one attached hydrogen (secondary N) is 2. The Hall–Kier alpha value is -2.01. The van der Waals surface area contributed by atoms with Gasteiger partial charge in [0.2, 0.25) is 0 Å². The highest BCUT2D eigenvalue weighted by Crippen LogP contribution is 2.26. The summed E-state index contributed by atoms with van der Waals surface area (Å²) in [5.74, 6) is 0.545. The lowest BCUT2D eigenvalue weighted by molar-refractivity contribution is 0.0747. The molecule has 1 saturated heterocycles. The Balaban J connectivity index is 1.99. The van der Waals surface area contributed by atoms with E-state index in [0.717, 1.165) is 26.1 Å². The predicted octanol–water partition coefficient (Wildman–Crippen LogP) is 1.93. The van der Waals surface area contributed by atoms with Crippen LogP contribution in [0.15, 0.2) is 30.5 Å². The predicted molar refractivity (Wildman–Crippen MR) is 80.4 cm³/mol. The molecule has 1 aliphatic rings. The van der Waals surface area contributed by atoms with E-state index < -0.39 is 0 Å². The Morgan fingerprint density at radius 1 is 1.55 bits per heavy atom. The molecule has 0 spiro atoms. The summed E-state index contributed by atoms with van der Waals surface area (Å²) in [6, 6.07) is 5.73. The molecule has 20 heavy (non-hydrogen) atoms. The van der Waals surface area contributed by atoms with Gasteiger partial charge < -0.3 is 25.9 Å². The maximum absolute atomic E-state index is 8.09. The molecule has 1 aliphatic heterocycles. The molecule has 0 bridgehead atoms. The van der Waals surface area contributed by atoms with Crippen LogP contribution in [-0.2, 0) is 4.74 Å². The van der Waals surface area contributed by atoms with Crippen molar-refractivity contribution in [3.05, 3.63) is 36.0 Å². The second kappa shape index (κ2) is 6.96. The zero-order valence-electron chi connectivity index (χ0n) is 11.7. The molecule has 0 radical (unpaired) electrons. The molecular weight excluding hydrogens is 254 g/mol. The summed E-state index contributed by atoms with van der Waals surface area (Å²) in [4.78, 5) is 0. The third-order valence-corrected chi connectivity index (χ3v) is 3.28. The molecule has 0 aliphatic carbocycles. The topological polar surface area (TPSA) is 80.4 Å². The average molecular weight is 275 g/mol. The van der Waals surface area contributed by atoms with Gasteiger partial charge in [0.1, 0.15) is 0 Å². The standard InChI is InChI=1S/C15H21N3O2/c1-19-15-12(5-2-6-14(15)17)13(16)7-8-18-11-4-3-9-20-10-11/h2,5-8,11,16,18H,3-4,9-10,17H2,1H3/b8-7-,16-13?. The van der Waals surface area contributed by atoms with Crippen LogP contribution in [0.1, 0.15) is 18.4 Å². The van der Waals surface area contributed by atoms with Crippen molar-refractivity contribution in [3.63, 3.8) is 0 Å². The summed E-state index contributed by atoms with van der Waals surface area (Å²) >= 11 is 0. The van der Waals surface area contributed by atoms with Gasteiger partial charge in [-0.2, -0.15) is 0 Å². The van der Waals surface area contributed by atoms with Gasteiger partial charge in [-0.1, -0.05) is 6.07 Å². The summed E-state index contributed by atoms with van der Waals surface area (Å²) in [6.07, 6.45) is 5.68. The van der Waals surface area contributed by atoms with Crippen LogP contribution in [0, 0.1) is 5.41 Å². The molecular formula is C15H21N3O2. The molecule has 1 unspecified atom stereocenters. The largest absolute Gasteiger partial charge is 0.494 e. The second-order valence-corrected chi connectivity index (χ2v) is 4.76. The van der Waals surface area contributed by atoms with E-state index in [1.165, 1.54) is 0 Å². The lowest BCUT2D eigenvalue weighted by atomic mass is 10.1. The van der Waals surface area contributed by atoms with Gasteiger partial charge in [0, 0.05) is 18.2 Å². The van der Waals surface area contributed by atoms with Crippen molar-refractivity contribution in [1.82, 2.24) is 5.32 Å². The van der Waals surface area contributed by atoms with E-state index in [4.69, 9.17) is 20.6 Å². The van der Waals surface area contributed by atoms with E-state index in [2.05, 4.69) is 5.32 Å². The van der Waals surface area contributed by atoms with E-state index in [9.17, 15) is 0 Å². The minimum Gasteiger partial charge on any atom is -0.494 e. The Kier molecular flexibility index (Phi) is 5.01. The molecule has 5 nitrogen and oxygen atoms in total. The molecule has 108 valence electrons. The van der Waals surface area contributed by atoms with Crippen molar-refractivity contribution < 1.29 is 9.47 Å². The number of methoxy groups -OCH3 is 1. The van der Waals surface area contributed by atoms with Crippen LogP contribution in [0.2, 0.25) is 0 Å². The van der Waals surface area contributed by atoms with Crippen LogP contribution in [-0.4, -0.2) is 32.1 Å². The van der Waals surface area contributed by atoms with Crippen LogP contribution in [0.4, 0.5) is 5.69 Å². The van der Waals surface area contributed by atoms with Gasteiger partial charge in [-0.15, -0.1) is 0 Å². The highest BCUT2D eigenvalue weighted by molar-refractivity contribution is 6.09. The molecule has 1 atom stereocenters. The van der Waals surface area contributed by atoms with Crippen molar-refractivity contribution in [3.8, 4) is 5.75 Å². The zero-order chi connectivity index (χ0) is 14.4. The highest BCUT2D eigenvalue weighted by atomic mass is 16.5. The van der Waals surface area contributed by atoms with Gasteiger partial charge in [0.25, 0.3) is 0 Å². The third-order valence-electron chi connectivity index (χ3n) is 3.28. The number of nitrogens with two attached hydrogens (primary N) is 1. The van der Waals surface area contributed by atoms with E-state index in [1.807, 2.05) is 12.1 Å². The number of rotatable bonds is 5. The molecule has 4 N–H and O–H groups in total. The second-order valence-electron chi connectivity index (χ2n) is 4.76. The van der Waals surface area contributed by atoms with Gasteiger partial charge in [-0.25, -0.2) is 0 Å². The number of para-hydroxylation sites is 1. The fourth-order valence-electron chi connectivity index (χ4n) is 2.22. The first-order valence-corrected chi connectivity index (χ1v) is 6.74. The lowest BCUT2D eigenvalue weighted by Crippen LogP contribution is -2.33. The van der Waals surface area contributed by atoms with E-state index >= 15 is 0 Å². The fraction of sp³-hybridized carbons (Fsp3) is 0.400. The number of allylic oxidation sites excluding steroid dienone is 1. The molecule has 0 saturated carbocycles. The molecule has 1 fully saturated rings. The molecule has 1 aromatic rings. The number of hydrogen-bond acceptors (Lipinski definition) is 5. The summed E-state index contributed by atoms with van der Waals surface area (Å²) in [7, 11) is 1.56. The van der Waals surface area contributed by atoms with E-state index in [1.54, 1.807) is 25.5 Å². The molecule has 1 heterocycles. The summed E-state index contributed by atoms with van der Waals surface area (Å²) in [5, 5.41) is 11.4. The molecule has 2 rings (SSSR count). The first-order chi connectivity index (χ1) is 9.72. The number of benzene rings is 1. The van der Waals surface area contributed by atoms with Crippen molar-refractivity contribution in [2.45, 2.75) is 18.9 Å². The first-order valence-electron chi connectivity index (χ1n) is 6.74. The van der Waals surface area contributed by atoms with Gasteiger partial charge >= 0.3 is 0 Å². The van der Waals surface area contributed by atoms with Crippen LogP contribution in [0.3, 0.4) is 0 Å². The Bertz CT molecular complexity index is 494. The number of hydrogen-bond donors (Lipinski definition) is 3. The van der Waals surface area contributed by atoms with Gasteiger partial charge in [-0.05, 0) is 37.3 Å².